The lowest BCUT2D eigenvalue weighted by Crippen LogP contribution is -2.50. The number of sulfonamides is 1. The van der Waals surface area contributed by atoms with Crippen molar-refractivity contribution in [2.24, 2.45) is 0 Å². The molecular weight excluding hydrogens is 400 g/mol. The van der Waals surface area contributed by atoms with Gasteiger partial charge in [0, 0.05) is 32.7 Å². The molecule has 2 aliphatic rings. The largest absolute Gasteiger partial charge is 0.493 e. The number of carbonyl (C=O) groups excluding carboxylic acids is 1. The number of rotatable bonds is 9. The minimum absolute atomic E-state index is 0.175. The van der Waals surface area contributed by atoms with E-state index < -0.39 is 16.0 Å². The highest BCUT2D eigenvalue weighted by molar-refractivity contribution is 7.90. The Bertz CT molecular complexity index is 831. The molecule has 0 atom stereocenters. The maximum atomic E-state index is 12.5. The highest BCUT2D eigenvalue weighted by Gasteiger charge is 2.40. The quantitative estimate of drug-likeness (QED) is 0.537. The molecule has 0 aromatic heterocycles. The van der Waals surface area contributed by atoms with Crippen LogP contribution in [0.5, 0.6) is 17.2 Å². The van der Waals surface area contributed by atoms with Gasteiger partial charge >= 0.3 is 5.97 Å². The highest BCUT2D eigenvalue weighted by atomic mass is 32.2. The van der Waals surface area contributed by atoms with E-state index in [1.807, 2.05) is 0 Å². The van der Waals surface area contributed by atoms with Crippen LogP contribution in [-0.2, 0) is 14.8 Å². The first kappa shape index (κ1) is 21.7. The molecule has 1 saturated carbocycles. The Kier molecular flexibility index (Phi) is 6.86. The minimum Gasteiger partial charge on any atom is -0.493 e. The molecule has 9 nitrogen and oxygen atoms in total. The summed E-state index contributed by atoms with van der Waals surface area (Å²) in [4.78, 5) is 14.6. The van der Waals surface area contributed by atoms with Gasteiger partial charge in [0.1, 0.15) is 12.2 Å². The van der Waals surface area contributed by atoms with Gasteiger partial charge in [-0.15, -0.1) is 0 Å². The third-order valence-corrected chi connectivity index (χ3v) is 7.60. The second-order valence-electron chi connectivity index (χ2n) is 7.00. The van der Waals surface area contributed by atoms with Crippen molar-refractivity contribution in [3.05, 3.63) is 17.7 Å². The predicted molar refractivity (Wildman–Crippen MR) is 106 cm³/mol. The molecule has 0 radical (unpaired) electrons. The monoisotopic (exact) mass is 428 g/mol. The molecule has 1 heterocycles. The number of hydrogen-bond acceptors (Lipinski definition) is 8. The van der Waals surface area contributed by atoms with Crippen molar-refractivity contribution < 1.29 is 32.2 Å². The summed E-state index contributed by atoms with van der Waals surface area (Å²) in [7, 11) is 1.31. The number of carbonyl (C=O) groups is 1. The topological polar surface area (TPSA) is 94.6 Å². The number of nitrogens with zero attached hydrogens (tertiary/aromatic N) is 2. The molecule has 1 aliphatic heterocycles. The Morgan fingerprint density at radius 2 is 1.66 bits per heavy atom. The van der Waals surface area contributed by atoms with Gasteiger partial charge in [0.15, 0.2) is 11.5 Å². The maximum Gasteiger partial charge on any atom is 0.342 e. The van der Waals surface area contributed by atoms with E-state index in [2.05, 4.69) is 4.90 Å². The summed E-state index contributed by atoms with van der Waals surface area (Å²) in [5, 5.41) is -0.175. The van der Waals surface area contributed by atoms with Gasteiger partial charge in [0.25, 0.3) is 0 Å². The number of piperazine rings is 1. The fourth-order valence-corrected chi connectivity index (χ4v) is 5.22. The van der Waals surface area contributed by atoms with Crippen molar-refractivity contribution in [1.29, 1.82) is 0 Å². The Balaban J connectivity index is 1.51. The van der Waals surface area contributed by atoms with Crippen LogP contribution in [0.4, 0.5) is 0 Å². The molecule has 2 fully saturated rings. The van der Waals surface area contributed by atoms with E-state index in [-0.39, 0.29) is 23.2 Å². The maximum absolute atomic E-state index is 12.5. The van der Waals surface area contributed by atoms with Crippen molar-refractivity contribution >= 4 is 16.0 Å². The Morgan fingerprint density at radius 3 is 2.21 bits per heavy atom. The highest BCUT2D eigenvalue weighted by Crippen LogP contribution is 2.40. The second kappa shape index (κ2) is 9.19. The molecular formula is C19H28N2O7S. The molecule has 3 rings (SSSR count). The normalized spacial score (nSPS) is 18.3. The van der Waals surface area contributed by atoms with E-state index in [0.29, 0.717) is 44.2 Å². The number of benzene rings is 1. The molecule has 1 aromatic carbocycles. The summed E-state index contributed by atoms with van der Waals surface area (Å²) in [5.41, 5.74) is 0.255. The lowest BCUT2D eigenvalue weighted by molar-refractivity contribution is 0.0440. The summed E-state index contributed by atoms with van der Waals surface area (Å²) in [6, 6.07) is 3.20. The summed E-state index contributed by atoms with van der Waals surface area (Å²) < 4.78 is 47.4. The van der Waals surface area contributed by atoms with Crippen LogP contribution in [0, 0.1) is 0 Å². The van der Waals surface area contributed by atoms with Crippen LogP contribution in [-0.4, -0.2) is 89.5 Å². The van der Waals surface area contributed by atoms with E-state index in [9.17, 15) is 13.2 Å². The molecule has 0 spiro atoms. The molecule has 1 saturated heterocycles. The summed E-state index contributed by atoms with van der Waals surface area (Å²) >= 11 is 0. The smallest absolute Gasteiger partial charge is 0.342 e. The van der Waals surface area contributed by atoms with E-state index in [4.69, 9.17) is 18.9 Å². The Labute approximate surface area is 171 Å². The molecule has 0 unspecified atom stereocenters. The summed E-state index contributed by atoms with van der Waals surface area (Å²) in [6.45, 7) is 2.96. The lowest BCUT2D eigenvalue weighted by Gasteiger charge is -2.33. The Hall–Kier alpha value is -2.04. The van der Waals surface area contributed by atoms with E-state index in [1.165, 1.54) is 21.3 Å². The average Bonchev–Trinajstić information content (AvgIpc) is 3.58. The van der Waals surface area contributed by atoms with Crippen molar-refractivity contribution in [2.45, 2.75) is 18.1 Å². The second-order valence-corrected chi connectivity index (χ2v) is 9.22. The van der Waals surface area contributed by atoms with Gasteiger partial charge in [0.05, 0.1) is 26.6 Å². The molecule has 162 valence electrons. The predicted octanol–water partition coefficient (Wildman–Crippen LogP) is 0.979. The van der Waals surface area contributed by atoms with E-state index in [0.717, 1.165) is 12.8 Å². The first-order chi connectivity index (χ1) is 13.9. The Morgan fingerprint density at radius 1 is 1.00 bits per heavy atom. The summed E-state index contributed by atoms with van der Waals surface area (Å²) in [5.74, 6) is 0.533. The lowest BCUT2D eigenvalue weighted by atomic mass is 10.1. The van der Waals surface area contributed by atoms with Crippen molar-refractivity contribution in [3.8, 4) is 17.2 Å². The number of esters is 1. The van der Waals surface area contributed by atoms with Gasteiger partial charge in [-0.1, -0.05) is 0 Å². The fraction of sp³-hybridized carbons (Fsp3) is 0.632. The van der Waals surface area contributed by atoms with Gasteiger partial charge in [0.2, 0.25) is 15.8 Å². The summed E-state index contributed by atoms with van der Waals surface area (Å²) in [6.07, 6.45) is 1.55. The first-order valence-electron chi connectivity index (χ1n) is 9.59. The third-order valence-electron chi connectivity index (χ3n) is 5.20. The van der Waals surface area contributed by atoms with Crippen LogP contribution < -0.4 is 14.2 Å². The minimum atomic E-state index is -3.12. The van der Waals surface area contributed by atoms with Crippen LogP contribution in [0.15, 0.2) is 12.1 Å². The molecule has 0 amide bonds. The average molecular weight is 429 g/mol. The van der Waals surface area contributed by atoms with Crippen molar-refractivity contribution in [3.63, 3.8) is 0 Å². The molecule has 1 aromatic rings. The zero-order chi connectivity index (χ0) is 21.0. The molecule has 29 heavy (non-hydrogen) atoms. The van der Waals surface area contributed by atoms with Crippen LogP contribution >= 0.6 is 0 Å². The third kappa shape index (κ3) is 4.76. The van der Waals surface area contributed by atoms with Gasteiger partial charge < -0.3 is 18.9 Å². The number of methoxy groups -OCH3 is 3. The van der Waals surface area contributed by atoms with Gasteiger partial charge in [-0.25, -0.2) is 13.2 Å². The van der Waals surface area contributed by atoms with Gasteiger partial charge in [-0.2, -0.15) is 4.31 Å². The van der Waals surface area contributed by atoms with Gasteiger partial charge in [-0.05, 0) is 25.0 Å². The van der Waals surface area contributed by atoms with Crippen LogP contribution in [0.3, 0.4) is 0 Å². The number of hydrogen-bond donors (Lipinski definition) is 0. The van der Waals surface area contributed by atoms with E-state index in [1.54, 1.807) is 16.4 Å². The zero-order valence-electron chi connectivity index (χ0n) is 17.0. The van der Waals surface area contributed by atoms with Crippen molar-refractivity contribution in [2.75, 3.05) is 60.7 Å². The molecule has 0 N–H and O–H groups in total. The van der Waals surface area contributed by atoms with Crippen LogP contribution in [0.25, 0.3) is 0 Å². The zero-order valence-corrected chi connectivity index (χ0v) is 17.9. The first-order valence-corrected chi connectivity index (χ1v) is 11.1. The standard InChI is InChI=1S/C19H28N2O7S/c1-25-16-7-6-15(17(26-2)18(16)27-3)19(22)28-13-12-20-8-10-21(11-9-20)29(23,24)14-4-5-14/h6-7,14H,4-5,8-13H2,1-3H3. The molecule has 10 heteroatoms. The fourth-order valence-electron chi connectivity index (χ4n) is 3.39. The van der Waals surface area contributed by atoms with Crippen molar-refractivity contribution in [1.82, 2.24) is 9.21 Å². The molecule has 0 bridgehead atoms. The van der Waals surface area contributed by atoms with Gasteiger partial charge in [-0.3, -0.25) is 4.90 Å². The SMILES string of the molecule is COc1ccc(C(=O)OCCN2CCN(S(=O)(=O)C3CC3)CC2)c(OC)c1OC. The number of ether oxygens (including phenoxy) is 4. The molecule has 1 aliphatic carbocycles. The van der Waals surface area contributed by atoms with Crippen LogP contribution in [0.2, 0.25) is 0 Å². The van der Waals surface area contributed by atoms with E-state index >= 15 is 0 Å². The van der Waals surface area contributed by atoms with Crippen LogP contribution in [0.1, 0.15) is 23.2 Å².